The van der Waals surface area contributed by atoms with E-state index in [9.17, 15) is 4.21 Å². The molecule has 6 nitrogen and oxygen atoms in total. The smallest absolute Gasteiger partial charge is 0.206 e. The van der Waals surface area contributed by atoms with Crippen molar-refractivity contribution in [3.63, 3.8) is 0 Å². The lowest BCUT2D eigenvalue weighted by atomic mass is 9.83. The summed E-state index contributed by atoms with van der Waals surface area (Å²) in [6.45, 7) is 3.68. The van der Waals surface area contributed by atoms with Gasteiger partial charge in [-0.25, -0.2) is 4.21 Å². The maximum Gasteiger partial charge on any atom is 0.206 e. The van der Waals surface area contributed by atoms with E-state index in [0.717, 1.165) is 37.4 Å². The van der Waals surface area contributed by atoms with E-state index in [1.807, 2.05) is 19.1 Å². The van der Waals surface area contributed by atoms with Crippen LogP contribution in [0, 0.1) is 0 Å². The SMILES string of the molecule is CCS(=O)Oc1cc2c(cc1OC)CCN1Cc3cc(OC)c(OC)cc3CC21. The molecule has 2 aromatic rings. The van der Waals surface area contributed by atoms with Gasteiger partial charge >= 0.3 is 0 Å². The number of rotatable bonds is 6. The third-order valence-corrected chi connectivity index (χ3v) is 6.64. The molecule has 156 valence electrons. The molecule has 0 saturated heterocycles. The highest BCUT2D eigenvalue weighted by Crippen LogP contribution is 2.44. The van der Waals surface area contributed by atoms with Gasteiger partial charge in [0.2, 0.25) is 11.1 Å². The zero-order valence-corrected chi connectivity index (χ0v) is 18.1. The highest BCUT2D eigenvalue weighted by molar-refractivity contribution is 7.80. The summed E-state index contributed by atoms with van der Waals surface area (Å²) in [6.07, 6.45) is 1.83. The first kappa shape index (κ1) is 20.0. The Bertz CT molecular complexity index is 945. The number of fused-ring (bicyclic) bond motifs is 4. The Morgan fingerprint density at radius 3 is 2.21 bits per heavy atom. The molecule has 0 aromatic heterocycles. The summed E-state index contributed by atoms with van der Waals surface area (Å²) in [7, 11) is 4.95. The topological polar surface area (TPSA) is 57.2 Å². The van der Waals surface area contributed by atoms with Crippen molar-refractivity contribution in [2.24, 2.45) is 0 Å². The van der Waals surface area contributed by atoms with Crippen LogP contribution >= 0.6 is 0 Å². The van der Waals surface area contributed by atoms with E-state index in [4.69, 9.17) is 18.4 Å². The minimum atomic E-state index is -1.37. The van der Waals surface area contributed by atoms with Crippen molar-refractivity contribution in [3.8, 4) is 23.0 Å². The van der Waals surface area contributed by atoms with E-state index in [0.29, 0.717) is 17.3 Å². The van der Waals surface area contributed by atoms with Crippen molar-refractivity contribution in [2.45, 2.75) is 32.4 Å². The van der Waals surface area contributed by atoms with E-state index in [-0.39, 0.29) is 6.04 Å². The van der Waals surface area contributed by atoms with Crippen LogP contribution < -0.4 is 18.4 Å². The lowest BCUT2D eigenvalue weighted by Crippen LogP contribution is -2.39. The van der Waals surface area contributed by atoms with Gasteiger partial charge in [0.1, 0.15) is 0 Å². The maximum atomic E-state index is 12.0. The van der Waals surface area contributed by atoms with Crippen molar-refractivity contribution in [2.75, 3.05) is 33.6 Å². The molecule has 0 radical (unpaired) electrons. The fourth-order valence-corrected chi connectivity index (χ4v) is 4.75. The molecule has 0 spiro atoms. The molecule has 0 saturated carbocycles. The van der Waals surface area contributed by atoms with Crippen molar-refractivity contribution in [3.05, 3.63) is 46.5 Å². The highest BCUT2D eigenvalue weighted by atomic mass is 32.2. The monoisotopic (exact) mass is 417 g/mol. The zero-order chi connectivity index (χ0) is 20.5. The first-order valence-electron chi connectivity index (χ1n) is 9.83. The molecule has 2 atom stereocenters. The molecule has 2 aromatic carbocycles. The third-order valence-electron chi connectivity index (χ3n) is 5.80. The number of hydrogen-bond donors (Lipinski definition) is 0. The van der Waals surface area contributed by atoms with Crippen molar-refractivity contribution < 1.29 is 22.6 Å². The molecule has 2 aliphatic rings. The normalized spacial score (nSPS) is 18.8. The van der Waals surface area contributed by atoms with Crippen LogP contribution in [0.25, 0.3) is 0 Å². The van der Waals surface area contributed by atoms with Gasteiger partial charge in [-0.15, -0.1) is 0 Å². The zero-order valence-electron chi connectivity index (χ0n) is 17.3. The molecule has 0 N–H and O–H groups in total. The quantitative estimate of drug-likeness (QED) is 0.718. The molecule has 0 aliphatic carbocycles. The lowest BCUT2D eigenvalue weighted by Gasteiger charge is -2.41. The fraction of sp³-hybridized carbons (Fsp3) is 0.455. The Labute approximate surface area is 174 Å². The molecule has 0 amide bonds. The predicted octanol–water partition coefficient (Wildman–Crippen LogP) is 3.43. The van der Waals surface area contributed by atoms with Gasteiger partial charge < -0.3 is 18.4 Å². The van der Waals surface area contributed by atoms with Crippen LogP contribution in [0.2, 0.25) is 0 Å². The molecule has 2 heterocycles. The van der Waals surface area contributed by atoms with Gasteiger partial charge in [-0.3, -0.25) is 4.90 Å². The van der Waals surface area contributed by atoms with Gasteiger partial charge in [0, 0.05) is 19.1 Å². The van der Waals surface area contributed by atoms with Gasteiger partial charge in [0.05, 0.1) is 27.1 Å². The van der Waals surface area contributed by atoms with E-state index in [1.54, 1.807) is 21.3 Å². The third kappa shape index (κ3) is 3.69. The first-order valence-corrected chi connectivity index (χ1v) is 11.1. The van der Waals surface area contributed by atoms with Gasteiger partial charge in [-0.1, -0.05) is 6.92 Å². The molecule has 4 rings (SSSR count). The Morgan fingerprint density at radius 2 is 1.55 bits per heavy atom. The van der Waals surface area contributed by atoms with Crippen LogP contribution in [0.3, 0.4) is 0 Å². The van der Waals surface area contributed by atoms with Crippen molar-refractivity contribution >= 4 is 11.1 Å². The van der Waals surface area contributed by atoms with Crippen LogP contribution in [0.1, 0.15) is 35.2 Å². The molecule has 0 bridgehead atoms. The Balaban J connectivity index is 1.73. The summed E-state index contributed by atoms with van der Waals surface area (Å²) in [5.41, 5.74) is 5.04. The summed E-state index contributed by atoms with van der Waals surface area (Å²) in [6, 6.07) is 8.48. The lowest BCUT2D eigenvalue weighted by molar-refractivity contribution is 0.160. The minimum Gasteiger partial charge on any atom is -0.493 e. The second-order valence-electron chi connectivity index (χ2n) is 7.29. The molecule has 0 fully saturated rings. The second-order valence-corrected chi connectivity index (χ2v) is 8.65. The number of ether oxygens (including phenoxy) is 3. The van der Waals surface area contributed by atoms with Crippen LogP contribution in [-0.4, -0.2) is 42.7 Å². The number of methoxy groups -OCH3 is 3. The number of hydrogen-bond acceptors (Lipinski definition) is 6. The predicted molar refractivity (Wildman–Crippen MR) is 112 cm³/mol. The highest BCUT2D eigenvalue weighted by Gasteiger charge is 2.34. The van der Waals surface area contributed by atoms with Gasteiger partial charge in [-0.2, -0.15) is 0 Å². The van der Waals surface area contributed by atoms with Crippen molar-refractivity contribution in [1.29, 1.82) is 0 Å². The average molecular weight is 418 g/mol. The van der Waals surface area contributed by atoms with E-state index < -0.39 is 11.1 Å². The maximum absolute atomic E-state index is 12.0. The number of nitrogens with zero attached hydrogens (tertiary/aromatic N) is 1. The molecular weight excluding hydrogens is 390 g/mol. The minimum absolute atomic E-state index is 0.243. The van der Waals surface area contributed by atoms with Crippen LogP contribution in [-0.2, 0) is 30.5 Å². The summed E-state index contributed by atoms with van der Waals surface area (Å²) in [5, 5.41) is 0. The standard InChI is InChI=1S/C22H27NO5S/c1-5-29(24)28-22-12-17-14(9-21(22)27-4)6-7-23-13-16-11-20(26-3)19(25-2)10-15(16)8-18(17)23/h9-12,18H,5-8,13H2,1-4H3. The van der Waals surface area contributed by atoms with E-state index in [1.165, 1.54) is 22.3 Å². The number of benzene rings is 2. The summed E-state index contributed by atoms with van der Waals surface area (Å²) >= 11 is -1.37. The molecular formula is C22H27NO5S. The molecule has 29 heavy (non-hydrogen) atoms. The van der Waals surface area contributed by atoms with Gasteiger partial charge in [-0.05, 0) is 59.4 Å². The Hall–Kier alpha value is -2.25. The first-order chi connectivity index (χ1) is 14.1. The largest absolute Gasteiger partial charge is 0.493 e. The van der Waals surface area contributed by atoms with Gasteiger partial charge in [0.25, 0.3) is 0 Å². The van der Waals surface area contributed by atoms with E-state index >= 15 is 0 Å². The molecule has 2 unspecified atom stereocenters. The molecule has 7 heteroatoms. The van der Waals surface area contributed by atoms with Crippen molar-refractivity contribution in [1.82, 2.24) is 4.90 Å². The van der Waals surface area contributed by atoms with Crippen LogP contribution in [0.5, 0.6) is 23.0 Å². The summed E-state index contributed by atoms with van der Waals surface area (Å²) < 4.78 is 34.1. The summed E-state index contributed by atoms with van der Waals surface area (Å²) in [5.74, 6) is 3.15. The average Bonchev–Trinajstić information content (AvgIpc) is 2.76. The van der Waals surface area contributed by atoms with E-state index in [2.05, 4.69) is 17.0 Å². The molecule has 2 aliphatic heterocycles. The fourth-order valence-electron chi connectivity index (χ4n) is 4.30. The van der Waals surface area contributed by atoms with Gasteiger partial charge in [0.15, 0.2) is 23.0 Å². The second kappa shape index (κ2) is 8.24. The Kier molecular flexibility index (Phi) is 5.69. The van der Waals surface area contributed by atoms with Crippen LogP contribution in [0.4, 0.5) is 0 Å². The Morgan fingerprint density at radius 1 is 0.931 bits per heavy atom. The van der Waals surface area contributed by atoms with Crippen LogP contribution in [0.15, 0.2) is 24.3 Å². The summed E-state index contributed by atoms with van der Waals surface area (Å²) in [4.78, 5) is 2.49.